The molecule has 0 aliphatic carbocycles. The summed E-state index contributed by atoms with van der Waals surface area (Å²) in [7, 11) is 0. The predicted molar refractivity (Wildman–Crippen MR) is 148 cm³/mol. The third kappa shape index (κ3) is 16.3. The van der Waals surface area contributed by atoms with Crippen molar-refractivity contribution in [3.05, 3.63) is 10.4 Å². The number of aliphatic carboxylic acids is 2. The van der Waals surface area contributed by atoms with Gasteiger partial charge in [-0.2, -0.15) is 0 Å². The fourth-order valence-electron chi connectivity index (χ4n) is 4.64. The maximum absolute atomic E-state index is 12.1. The van der Waals surface area contributed by atoms with Crippen molar-refractivity contribution in [1.29, 1.82) is 0 Å². The van der Waals surface area contributed by atoms with Crippen molar-refractivity contribution in [3.63, 3.8) is 0 Å². The quantitative estimate of drug-likeness (QED) is 0.0398. The normalized spacial score (nSPS) is 21.1. The predicted octanol–water partition coefficient (Wildman–Crippen LogP) is 0.861. The molecule has 0 aromatic rings. The minimum absolute atomic E-state index is 0.0867. The van der Waals surface area contributed by atoms with E-state index >= 15 is 0 Å². The van der Waals surface area contributed by atoms with Gasteiger partial charge in [0.15, 0.2) is 6.29 Å². The van der Waals surface area contributed by atoms with Crippen LogP contribution >= 0.6 is 0 Å². The molecule has 0 spiro atoms. The molecule has 0 bridgehead atoms. The van der Waals surface area contributed by atoms with Gasteiger partial charge in [0.2, 0.25) is 17.7 Å². The Morgan fingerprint density at radius 1 is 0.884 bits per heavy atom. The number of ether oxygens (including phenoxy) is 3. The van der Waals surface area contributed by atoms with E-state index < -0.39 is 66.9 Å². The van der Waals surface area contributed by atoms with E-state index in [-0.39, 0.29) is 44.4 Å². The summed E-state index contributed by atoms with van der Waals surface area (Å²) in [5.74, 6) is -5.69. The largest absolute Gasteiger partial charge is 0.481 e. The van der Waals surface area contributed by atoms with Crippen molar-refractivity contribution < 1.29 is 53.2 Å². The highest BCUT2D eigenvalue weighted by Gasteiger charge is 2.48. The Kier molecular flexibility index (Phi) is 18.0. The number of carboxylic acid groups (broad SMARTS) is 2. The molecular weight excluding hydrogens is 572 g/mol. The monoisotopic (exact) mass is 614 g/mol. The summed E-state index contributed by atoms with van der Waals surface area (Å²) in [6, 6.07) is -0.985. The zero-order chi connectivity index (χ0) is 32.2. The molecule has 0 unspecified atom stereocenters. The van der Waals surface area contributed by atoms with Crippen molar-refractivity contribution in [2.24, 2.45) is 17.0 Å². The van der Waals surface area contributed by atoms with Gasteiger partial charge in [0.1, 0.15) is 6.61 Å². The summed E-state index contributed by atoms with van der Waals surface area (Å²) >= 11 is 0. The number of esters is 1. The van der Waals surface area contributed by atoms with Crippen molar-refractivity contribution >= 4 is 35.6 Å². The summed E-state index contributed by atoms with van der Waals surface area (Å²) in [6.07, 6.45) is -0.791. The molecule has 0 saturated carbocycles. The number of carboxylic acids is 2. The number of unbranched alkanes of at least 4 members (excludes halogenated alkanes) is 1. The fourth-order valence-corrected chi connectivity index (χ4v) is 4.64. The summed E-state index contributed by atoms with van der Waals surface area (Å²) in [6.45, 7) is 3.18. The van der Waals surface area contributed by atoms with E-state index in [1.165, 1.54) is 13.8 Å². The highest BCUT2D eigenvalue weighted by molar-refractivity contribution is 5.76. The number of carbonyl (C=O) groups excluding carboxylic acids is 4. The van der Waals surface area contributed by atoms with E-state index in [0.717, 1.165) is 0 Å². The number of nitrogens with one attached hydrogen (secondary N) is 3. The van der Waals surface area contributed by atoms with Gasteiger partial charge in [-0.15, -0.1) is 0 Å². The van der Waals surface area contributed by atoms with E-state index in [2.05, 4.69) is 26.0 Å². The minimum Gasteiger partial charge on any atom is -0.481 e. The summed E-state index contributed by atoms with van der Waals surface area (Å²) < 4.78 is 16.8. The first-order valence-electron chi connectivity index (χ1n) is 14.1. The highest BCUT2D eigenvalue weighted by Crippen LogP contribution is 2.37. The van der Waals surface area contributed by atoms with Crippen LogP contribution in [0.25, 0.3) is 10.4 Å². The molecule has 17 nitrogen and oxygen atoms in total. The summed E-state index contributed by atoms with van der Waals surface area (Å²) in [4.78, 5) is 73.0. The standard InChI is InChI=1S/C26H42N6O11/c1-16(33)31-25-19(14-24(39)40)18(13-23(37)38)20(15-42-17(2)34)43-26(25)41-12-4-3-7-21(35)28-9-6-10-29-22(36)8-5-11-30-32-27/h18-20,25-26H,3-15H2,1-2H3,(H,28,35)(H,29,36)(H,31,33)(H,37,38)(H,39,40)/t18-,19-,20+,25-,26-/m1/s1. The Hall–Kier alpha value is -3.95. The smallest absolute Gasteiger partial charge is 0.303 e. The molecule has 17 heteroatoms. The van der Waals surface area contributed by atoms with Gasteiger partial charge in [-0.3, -0.25) is 28.8 Å². The Balaban J connectivity index is 2.60. The number of nitrogens with zero attached hydrogens (tertiary/aromatic N) is 3. The highest BCUT2D eigenvalue weighted by atomic mass is 16.7. The molecule has 1 fully saturated rings. The van der Waals surface area contributed by atoms with Crippen LogP contribution in [0.1, 0.15) is 65.2 Å². The molecule has 1 aliphatic heterocycles. The van der Waals surface area contributed by atoms with Gasteiger partial charge in [0.25, 0.3) is 0 Å². The number of hydrogen-bond donors (Lipinski definition) is 5. The number of carbonyl (C=O) groups is 6. The van der Waals surface area contributed by atoms with Crippen LogP contribution in [0, 0.1) is 11.8 Å². The first-order valence-corrected chi connectivity index (χ1v) is 14.1. The van der Waals surface area contributed by atoms with E-state index in [9.17, 15) is 39.0 Å². The van der Waals surface area contributed by atoms with Crippen molar-refractivity contribution in [1.82, 2.24) is 16.0 Å². The average molecular weight is 615 g/mol. The van der Waals surface area contributed by atoms with Gasteiger partial charge in [-0.1, -0.05) is 5.11 Å². The second kappa shape index (κ2) is 20.9. The second-order valence-corrected chi connectivity index (χ2v) is 10.0. The fraction of sp³-hybridized carbons (Fsp3) is 0.769. The van der Waals surface area contributed by atoms with Gasteiger partial charge in [0, 0.05) is 69.7 Å². The third-order valence-corrected chi connectivity index (χ3v) is 6.54. The van der Waals surface area contributed by atoms with Crippen LogP contribution < -0.4 is 16.0 Å². The number of amides is 3. The van der Waals surface area contributed by atoms with Crippen LogP contribution in [-0.2, 0) is 43.0 Å². The lowest BCUT2D eigenvalue weighted by atomic mass is 9.75. The van der Waals surface area contributed by atoms with E-state index in [1.54, 1.807) is 0 Å². The Labute approximate surface area is 249 Å². The third-order valence-electron chi connectivity index (χ3n) is 6.54. The zero-order valence-electron chi connectivity index (χ0n) is 24.5. The summed E-state index contributed by atoms with van der Waals surface area (Å²) in [5.41, 5.74) is 8.20. The molecule has 5 N–H and O–H groups in total. The molecule has 1 aliphatic rings. The molecule has 0 aromatic heterocycles. The van der Waals surface area contributed by atoms with Gasteiger partial charge in [0.05, 0.1) is 25.0 Å². The lowest BCUT2D eigenvalue weighted by molar-refractivity contribution is -0.250. The van der Waals surface area contributed by atoms with Gasteiger partial charge in [-0.25, -0.2) is 0 Å². The number of rotatable bonds is 21. The van der Waals surface area contributed by atoms with Crippen molar-refractivity contribution in [3.8, 4) is 0 Å². The lowest BCUT2D eigenvalue weighted by Crippen LogP contribution is -2.60. The van der Waals surface area contributed by atoms with E-state index in [4.69, 9.17) is 19.7 Å². The number of hydrogen-bond acceptors (Lipinski definition) is 10. The molecule has 1 heterocycles. The second-order valence-electron chi connectivity index (χ2n) is 10.0. The van der Waals surface area contributed by atoms with Crippen LogP contribution in [-0.4, -0.2) is 97.1 Å². The maximum atomic E-state index is 12.1. The van der Waals surface area contributed by atoms with Crippen molar-refractivity contribution in [2.75, 3.05) is 32.8 Å². The van der Waals surface area contributed by atoms with Gasteiger partial charge < -0.3 is 40.4 Å². The molecule has 1 rings (SSSR count). The minimum atomic E-state index is -1.21. The Morgan fingerprint density at radius 2 is 1.49 bits per heavy atom. The van der Waals surface area contributed by atoms with Crippen LogP contribution in [0.3, 0.4) is 0 Å². The van der Waals surface area contributed by atoms with Crippen LogP contribution in [0.15, 0.2) is 5.11 Å². The topological polar surface area (TPSA) is 255 Å². The van der Waals surface area contributed by atoms with Crippen LogP contribution in [0.2, 0.25) is 0 Å². The molecule has 3 amide bonds. The van der Waals surface area contributed by atoms with E-state index in [0.29, 0.717) is 38.8 Å². The van der Waals surface area contributed by atoms with Crippen molar-refractivity contribution in [2.45, 2.75) is 83.6 Å². The molecular formula is C26H42N6O11. The first kappa shape index (κ1) is 37.1. The SMILES string of the molecule is CC(=O)N[C@H]1[C@H](OCCCCC(=O)NCCCNC(=O)CCCN=[N+]=[N-])O[C@@H](COC(C)=O)[C@H](CC(=O)O)[C@H]1CC(=O)O. The molecule has 1 saturated heterocycles. The lowest BCUT2D eigenvalue weighted by Gasteiger charge is -2.46. The average Bonchev–Trinajstić information content (AvgIpc) is 2.91. The van der Waals surface area contributed by atoms with Gasteiger partial charge in [-0.05, 0) is 31.2 Å². The molecule has 0 aromatic carbocycles. The number of azide groups is 1. The molecule has 242 valence electrons. The van der Waals surface area contributed by atoms with Crippen LogP contribution in [0.4, 0.5) is 0 Å². The van der Waals surface area contributed by atoms with E-state index in [1.807, 2.05) is 0 Å². The molecule has 5 atom stereocenters. The van der Waals surface area contributed by atoms with Gasteiger partial charge >= 0.3 is 17.9 Å². The Bertz CT molecular complexity index is 1000. The zero-order valence-corrected chi connectivity index (χ0v) is 24.5. The molecule has 43 heavy (non-hydrogen) atoms. The molecule has 0 radical (unpaired) electrons. The van der Waals surface area contributed by atoms with Crippen LogP contribution in [0.5, 0.6) is 0 Å². The first-order chi connectivity index (χ1) is 20.4. The Morgan fingerprint density at radius 3 is 2.05 bits per heavy atom. The summed E-state index contributed by atoms with van der Waals surface area (Å²) in [5, 5.41) is 30.4. The maximum Gasteiger partial charge on any atom is 0.303 e.